The molecule has 2 aromatic rings. The molecule has 0 unspecified atom stereocenters. The maximum atomic E-state index is 10.7. The Morgan fingerprint density at radius 2 is 0.962 bits per heavy atom. The van der Waals surface area contributed by atoms with Crippen LogP contribution in [0.15, 0.2) is 48.5 Å². The van der Waals surface area contributed by atoms with Gasteiger partial charge in [-0.3, -0.25) is 9.59 Å². The molecule has 0 bridgehead atoms. The maximum Gasteiger partial charge on any atom is 0.150 e. The zero-order valence-corrected chi connectivity index (χ0v) is 16.3. The van der Waals surface area contributed by atoms with Gasteiger partial charge in [0.1, 0.15) is 12.6 Å². The van der Waals surface area contributed by atoms with E-state index >= 15 is 0 Å². The third kappa shape index (κ3) is 6.71. The Kier molecular flexibility index (Phi) is 9.77. The number of unbranched alkanes of at least 4 members (excludes halogenated alkanes) is 1. The molecule has 140 valence electrons. The summed E-state index contributed by atoms with van der Waals surface area (Å²) >= 11 is 0. The molecule has 4 nitrogen and oxygen atoms in total. The molecule has 0 N–H and O–H groups in total. The standard InChI is InChI=1S/C20H24N2O2.C2H6/c1-21(19-9-5-17(15-23)6-10-19)13-3-4-14-22(2)20-11-7-18(16-24)8-12-20;1-2/h5-12,15-16H,3-4,13-14H2,1-2H3;1-2H3. The van der Waals surface area contributed by atoms with Crippen molar-refractivity contribution in [2.24, 2.45) is 0 Å². The van der Waals surface area contributed by atoms with Crippen molar-refractivity contribution in [3.8, 4) is 0 Å². The third-order valence-corrected chi connectivity index (χ3v) is 4.18. The van der Waals surface area contributed by atoms with Crippen molar-refractivity contribution in [3.63, 3.8) is 0 Å². The molecule has 0 atom stereocenters. The number of nitrogens with zero attached hydrogens (tertiary/aromatic N) is 2. The summed E-state index contributed by atoms with van der Waals surface area (Å²) in [7, 11) is 4.13. The second-order valence-electron chi connectivity index (χ2n) is 5.97. The number of hydrogen-bond donors (Lipinski definition) is 0. The summed E-state index contributed by atoms with van der Waals surface area (Å²) in [6, 6.07) is 15.3. The van der Waals surface area contributed by atoms with Gasteiger partial charge < -0.3 is 9.80 Å². The summed E-state index contributed by atoms with van der Waals surface area (Å²) in [6.07, 6.45) is 3.90. The molecule has 0 aliphatic rings. The van der Waals surface area contributed by atoms with Gasteiger partial charge in [0.15, 0.2) is 0 Å². The molecule has 26 heavy (non-hydrogen) atoms. The van der Waals surface area contributed by atoms with Crippen LogP contribution in [0.3, 0.4) is 0 Å². The molecule has 0 amide bonds. The van der Waals surface area contributed by atoms with Crippen LogP contribution in [0.5, 0.6) is 0 Å². The van der Waals surface area contributed by atoms with E-state index in [-0.39, 0.29) is 0 Å². The number of carbonyl (C=O) groups is 2. The summed E-state index contributed by atoms with van der Waals surface area (Å²) in [4.78, 5) is 25.8. The first-order valence-electron chi connectivity index (χ1n) is 9.17. The lowest BCUT2D eigenvalue weighted by atomic mass is 10.2. The Labute approximate surface area is 157 Å². The Bertz CT molecular complexity index is 591. The first-order chi connectivity index (χ1) is 12.6. The molecule has 0 heterocycles. The molecule has 0 fully saturated rings. The van der Waals surface area contributed by atoms with Gasteiger partial charge in [0.05, 0.1) is 0 Å². The van der Waals surface area contributed by atoms with Gasteiger partial charge in [0.2, 0.25) is 0 Å². The van der Waals surface area contributed by atoms with Crippen molar-refractivity contribution in [1.82, 2.24) is 0 Å². The molecule has 0 aliphatic heterocycles. The summed E-state index contributed by atoms with van der Waals surface area (Å²) < 4.78 is 0. The highest BCUT2D eigenvalue weighted by Gasteiger charge is 2.03. The fourth-order valence-corrected chi connectivity index (χ4v) is 2.57. The number of hydrogen-bond acceptors (Lipinski definition) is 4. The van der Waals surface area contributed by atoms with Crippen LogP contribution in [0.25, 0.3) is 0 Å². The Balaban J connectivity index is 0.00000163. The second-order valence-corrected chi connectivity index (χ2v) is 5.97. The number of aldehydes is 2. The molecule has 2 aromatic carbocycles. The zero-order chi connectivity index (χ0) is 19.4. The predicted octanol–water partition coefficient (Wildman–Crippen LogP) is 4.69. The van der Waals surface area contributed by atoms with E-state index in [2.05, 4.69) is 23.9 Å². The minimum Gasteiger partial charge on any atom is -0.375 e. The van der Waals surface area contributed by atoms with Crippen LogP contribution >= 0.6 is 0 Å². The van der Waals surface area contributed by atoms with E-state index in [0.717, 1.165) is 49.9 Å². The van der Waals surface area contributed by atoms with Crippen molar-refractivity contribution >= 4 is 23.9 Å². The molecule has 0 saturated heterocycles. The topological polar surface area (TPSA) is 40.6 Å². The van der Waals surface area contributed by atoms with E-state index in [4.69, 9.17) is 0 Å². The fourth-order valence-electron chi connectivity index (χ4n) is 2.57. The summed E-state index contributed by atoms with van der Waals surface area (Å²) in [5.41, 5.74) is 3.65. The van der Waals surface area contributed by atoms with Gasteiger partial charge in [-0.25, -0.2) is 0 Å². The van der Waals surface area contributed by atoms with Gasteiger partial charge >= 0.3 is 0 Å². The average molecular weight is 354 g/mol. The third-order valence-electron chi connectivity index (χ3n) is 4.18. The minimum absolute atomic E-state index is 0.703. The van der Waals surface area contributed by atoms with Crippen LogP contribution < -0.4 is 9.80 Å². The quantitative estimate of drug-likeness (QED) is 0.484. The lowest BCUT2D eigenvalue weighted by Gasteiger charge is -2.22. The summed E-state index contributed by atoms with van der Waals surface area (Å²) in [5.74, 6) is 0. The van der Waals surface area contributed by atoms with Crippen LogP contribution in [0, 0.1) is 0 Å². The van der Waals surface area contributed by atoms with Gasteiger partial charge in [-0.2, -0.15) is 0 Å². The average Bonchev–Trinajstić information content (AvgIpc) is 2.72. The normalized spacial score (nSPS) is 9.69. The van der Waals surface area contributed by atoms with Gasteiger partial charge in [-0.15, -0.1) is 0 Å². The number of carbonyl (C=O) groups excluding carboxylic acids is 2. The first kappa shape index (κ1) is 21.4. The lowest BCUT2D eigenvalue weighted by molar-refractivity contribution is 0.111. The van der Waals surface area contributed by atoms with Crippen molar-refractivity contribution in [2.75, 3.05) is 37.0 Å². The van der Waals surface area contributed by atoms with Crippen molar-refractivity contribution in [3.05, 3.63) is 59.7 Å². The van der Waals surface area contributed by atoms with Crippen LogP contribution in [0.1, 0.15) is 47.4 Å². The molecule has 0 spiro atoms. The van der Waals surface area contributed by atoms with E-state index in [1.165, 1.54) is 0 Å². The Hall–Kier alpha value is -2.62. The first-order valence-corrected chi connectivity index (χ1v) is 9.17. The maximum absolute atomic E-state index is 10.7. The van der Waals surface area contributed by atoms with E-state index in [1.807, 2.05) is 62.4 Å². The van der Waals surface area contributed by atoms with E-state index in [9.17, 15) is 9.59 Å². The second kappa shape index (κ2) is 11.9. The van der Waals surface area contributed by atoms with E-state index in [1.54, 1.807) is 0 Å². The predicted molar refractivity (Wildman–Crippen MR) is 111 cm³/mol. The molecule has 4 heteroatoms. The molecule has 0 aromatic heterocycles. The van der Waals surface area contributed by atoms with Crippen LogP contribution in [0.2, 0.25) is 0 Å². The van der Waals surface area contributed by atoms with Crippen LogP contribution in [0.4, 0.5) is 11.4 Å². The van der Waals surface area contributed by atoms with E-state index in [0.29, 0.717) is 11.1 Å². The van der Waals surface area contributed by atoms with Gasteiger partial charge in [-0.1, -0.05) is 13.8 Å². The number of rotatable bonds is 9. The highest BCUT2D eigenvalue weighted by molar-refractivity contribution is 5.76. The molecular formula is C22H30N2O2. The van der Waals surface area contributed by atoms with Crippen LogP contribution in [-0.2, 0) is 0 Å². The van der Waals surface area contributed by atoms with E-state index < -0.39 is 0 Å². The lowest BCUT2D eigenvalue weighted by Crippen LogP contribution is -2.22. The molecule has 2 rings (SSSR count). The van der Waals surface area contributed by atoms with Crippen molar-refractivity contribution in [1.29, 1.82) is 0 Å². The number of anilines is 2. The molecule has 0 aliphatic carbocycles. The largest absolute Gasteiger partial charge is 0.375 e. The van der Waals surface area contributed by atoms with Gasteiger partial charge in [0.25, 0.3) is 0 Å². The minimum atomic E-state index is 0.703. The number of benzene rings is 2. The summed E-state index contributed by atoms with van der Waals surface area (Å²) in [6.45, 7) is 5.94. The summed E-state index contributed by atoms with van der Waals surface area (Å²) in [5, 5.41) is 0. The molecular weight excluding hydrogens is 324 g/mol. The van der Waals surface area contributed by atoms with Crippen molar-refractivity contribution in [2.45, 2.75) is 26.7 Å². The highest BCUT2D eigenvalue weighted by Crippen LogP contribution is 2.15. The van der Waals surface area contributed by atoms with Gasteiger partial charge in [-0.05, 0) is 61.4 Å². The van der Waals surface area contributed by atoms with Crippen LogP contribution in [-0.4, -0.2) is 39.8 Å². The fraction of sp³-hybridized carbons (Fsp3) is 0.364. The Morgan fingerprint density at radius 3 is 1.23 bits per heavy atom. The smallest absolute Gasteiger partial charge is 0.150 e. The molecule has 0 radical (unpaired) electrons. The van der Waals surface area contributed by atoms with Crippen molar-refractivity contribution < 1.29 is 9.59 Å². The van der Waals surface area contributed by atoms with Gasteiger partial charge in [0, 0.05) is 49.7 Å². The monoisotopic (exact) mass is 354 g/mol. The zero-order valence-electron chi connectivity index (χ0n) is 16.3. The highest BCUT2D eigenvalue weighted by atomic mass is 16.1. The Morgan fingerprint density at radius 1 is 0.654 bits per heavy atom. The SMILES string of the molecule is CC.CN(CCCCN(C)c1ccc(C=O)cc1)c1ccc(C=O)cc1. The molecule has 0 saturated carbocycles.